The fraction of sp³-hybridized carbons (Fsp3) is 0.579. The molecule has 116 valence electrons. The summed E-state index contributed by atoms with van der Waals surface area (Å²) in [5.41, 5.74) is 1.30. The molecule has 1 aromatic heterocycles. The summed E-state index contributed by atoms with van der Waals surface area (Å²) in [6.45, 7) is 6.15. The zero-order valence-electron chi connectivity index (χ0n) is 13.6. The molecule has 0 saturated carbocycles. The third-order valence-electron chi connectivity index (χ3n) is 4.08. The van der Waals surface area contributed by atoms with Crippen LogP contribution in [0.4, 0.5) is 0 Å². The smallest absolute Gasteiger partial charge is 0.128 e. The van der Waals surface area contributed by atoms with Crippen LogP contribution in [0.25, 0.3) is 10.9 Å². The molecule has 0 N–H and O–H groups in total. The number of rotatable bonds is 10. The van der Waals surface area contributed by atoms with Gasteiger partial charge in [0.15, 0.2) is 0 Å². The number of aryl methyl sites for hydroxylation is 1. The maximum Gasteiger partial charge on any atom is 0.128 e. The molecule has 0 fully saturated rings. The van der Waals surface area contributed by atoms with E-state index in [2.05, 4.69) is 42.0 Å². The normalized spacial score (nSPS) is 11.1. The maximum absolute atomic E-state index is 5.70. The van der Waals surface area contributed by atoms with Gasteiger partial charge in [0.25, 0.3) is 0 Å². The van der Waals surface area contributed by atoms with Crippen molar-refractivity contribution >= 4 is 10.9 Å². The van der Waals surface area contributed by atoms with Crippen molar-refractivity contribution < 1.29 is 4.74 Å². The van der Waals surface area contributed by atoms with Gasteiger partial charge in [0.05, 0.1) is 12.1 Å². The van der Waals surface area contributed by atoms with Gasteiger partial charge < -0.3 is 9.30 Å². The number of fused-ring (bicyclic) bond motifs is 1. The molecule has 0 amide bonds. The molecule has 0 aliphatic heterocycles. The lowest BCUT2D eigenvalue weighted by molar-refractivity contribution is 0.344. The van der Waals surface area contributed by atoms with E-state index in [1.54, 1.807) is 0 Å². The quantitative estimate of drug-likeness (QED) is 0.504. The third kappa shape index (κ3) is 4.52. The zero-order chi connectivity index (χ0) is 14.9. The number of benzene rings is 1. The van der Waals surface area contributed by atoms with Crippen molar-refractivity contribution in [3.63, 3.8) is 0 Å². The minimum Gasteiger partial charge on any atom is -0.493 e. The summed E-state index contributed by atoms with van der Waals surface area (Å²) in [5, 5.41) is 1.24. The first-order valence-electron chi connectivity index (χ1n) is 8.57. The number of aromatic nitrogens is 1. The Hall–Kier alpha value is -1.44. The minimum absolute atomic E-state index is 0.724. The molecule has 0 aliphatic rings. The lowest BCUT2D eigenvalue weighted by Crippen LogP contribution is -1.97. The monoisotopic (exact) mass is 287 g/mol. The van der Waals surface area contributed by atoms with Crippen LogP contribution in [0.5, 0.6) is 5.75 Å². The SMILES string of the molecule is CCCCCCCCCn1ccc2c(OCC)cccc21. The van der Waals surface area contributed by atoms with E-state index in [0.717, 1.165) is 18.9 Å². The number of unbranched alkanes of at least 4 members (excludes halogenated alkanes) is 6. The lowest BCUT2D eigenvalue weighted by Gasteiger charge is -2.08. The fourth-order valence-corrected chi connectivity index (χ4v) is 2.91. The maximum atomic E-state index is 5.70. The van der Waals surface area contributed by atoms with Gasteiger partial charge in [-0.15, -0.1) is 0 Å². The summed E-state index contributed by atoms with van der Waals surface area (Å²) in [4.78, 5) is 0. The molecule has 1 heterocycles. The molecule has 2 aromatic rings. The average molecular weight is 287 g/mol. The Kier molecular flexibility index (Phi) is 6.65. The predicted octanol–water partition coefficient (Wildman–Crippen LogP) is 5.79. The van der Waals surface area contributed by atoms with E-state index >= 15 is 0 Å². The summed E-state index contributed by atoms with van der Waals surface area (Å²) >= 11 is 0. The molecule has 0 spiro atoms. The van der Waals surface area contributed by atoms with Crippen molar-refractivity contribution in [2.24, 2.45) is 0 Å². The van der Waals surface area contributed by atoms with Crippen molar-refractivity contribution in [3.8, 4) is 5.75 Å². The van der Waals surface area contributed by atoms with Gasteiger partial charge in [-0.1, -0.05) is 51.5 Å². The van der Waals surface area contributed by atoms with Crippen LogP contribution in [0.2, 0.25) is 0 Å². The van der Waals surface area contributed by atoms with Gasteiger partial charge in [0.1, 0.15) is 5.75 Å². The topological polar surface area (TPSA) is 14.2 Å². The Balaban J connectivity index is 1.84. The fourth-order valence-electron chi connectivity index (χ4n) is 2.91. The van der Waals surface area contributed by atoms with Crippen molar-refractivity contribution in [2.45, 2.75) is 65.3 Å². The van der Waals surface area contributed by atoms with Crippen LogP contribution in [0.3, 0.4) is 0 Å². The molecule has 0 bridgehead atoms. The van der Waals surface area contributed by atoms with E-state index in [-0.39, 0.29) is 0 Å². The summed E-state index contributed by atoms with van der Waals surface area (Å²) in [7, 11) is 0. The summed E-state index contributed by atoms with van der Waals surface area (Å²) in [6.07, 6.45) is 11.7. The number of hydrogen-bond acceptors (Lipinski definition) is 1. The van der Waals surface area contributed by atoms with Crippen molar-refractivity contribution in [1.82, 2.24) is 4.57 Å². The second kappa shape index (κ2) is 8.76. The second-order valence-electron chi connectivity index (χ2n) is 5.75. The molecular formula is C19H29NO. The molecule has 2 nitrogen and oxygen atoms in total. The highest BCUT2D eigenvalue weighted by molar-refractivity contribution is 5.86. The van der Waals surface area contributed by atoms with Crippen LogP contribution in [-0.4, -0.2) is 11.2 Å². The van der Waals surface area contributed by atoms with E-state index in [9.17, 15) is 0 Å². The molecule has 21 heavy (non-hydrogen) atoms. The highest BCUT2D eigenvalue weighted by Crippen LogP contribution is 2.27. The number of ether oxygens (including phenoxy) is 1. The Morgan fingerprint density at radius 3 is 2.43 bits per heavy atom. The Morgan fingerprint density at radius 2 is 1.67 bits per heavy atom. The molecule has 1 aromatic carbocycles. The van der Waals surface area contributed by atoms with Gasteiger partial charge in [0, 0.05) is 18.1 Å². The molecule has 2 heteroatoms. The Bertz CT molecular complexity index is 529. The first-order valence-corrected chi connectivity index (χ1v) is 8.57. The van der Waals surface area contributed by atoms with Crippen LogP contribution in [0.1, 0.15) is 58.8 Å². The average Bonchev–Trinajstić information content (AvgIpc) is 2.91. The van der Waals surface area contributed by atoms with Gasteiger partial charge in [-0.2, -0.15) is 0 Å². The van der Waals surface area contributed by atoms with Crippen LogP contribution >= 0.6 is 0 Å². The molecule has 0 saturated heterocycles. The van der Waals surface area contributed by atoms with Gasteiger partial charge in [0.2, 0.25) is 0 Å². The van der Waals surface area contributed by atoms with E-state index in [1.807, 2.05) is 6.92 Å². The molecule has 0 radical (unpaired) electrons. The molecule has 2 rings (SSSR count). The highest BCUT2D eigenvalue weighted by Gasteiger charge is 2.05. The largest absolute Gasteiger partial charge is 0.493 e. The van der Waals surface area contributed by atoms with E-state index < -0.39 is 0 Å². The van der Waals surface area contributed by atoms with E-state index in [0.29, 0.717) is 0 Å². The summed E-state index contributed by atoms with van der Waals surface area (Å²) in [5.74, 6) is 1.01. The van der Waals surface area contributed by atoms with Crippen molar-refractivity contribution in [3.05, 3.63) is 30.5 Å². The van der Waals surface area contributed by atoms with Crippen LogP contribution in [-0.2, 0) is 6.54 Å². The minimum atomic E-state index is 0.724. The first-order chi connectivity index (χ1) is 10.4. The van der Waals surface area contributed by atoms with Crippen LogP contribution in [0.15, 0.2) is 30.5 Å². The highest BCUT2D eigenvalue weighted by atomic mass is 16.5. The Labute approximate surface area is 129 Å². The number of hydrogen-bond donors (Lipinski definition) is 0. The zero-order valence-corrected chi connectivity index (χ0v) is 13.6. The summed E-state index contributed by atoms with van der Waals surface area (Å²) < 4.78 is 8.06. The summed E-state index contributed by atoms with van der Waals surface area (Å²) in [6, 6.07) is 8.53. The van der Waals surface area contributed by atoms with Gasteiger partial charge >= 0.3 is 0 Å². The van der Waals surface area contributed by atoms with E-state index in [4.69, 9.17) is 4.74 Å². The standard InChI is InChI=1S/C19H29NO/c1-3-5-6-7-8-9-10-15-20-16-14-17-18(20)12-11-13-19(17)21-4-2/h11-14,16H,3-10,15H2,1-2H3. The van der Waals surface area contributed by atoms with Crippen molar-refractivity contribution in [1.29, 1.82) is 0 Å². The Morgan fingerprint density at radius 1 is 0.905 bits per heavy atom. The van der Waals surface area contributed by atoms with Gasteiger partial charge in [-0.05, 0) is 31.5 Å². The van der Waals surface area contributed by atoms with Crippen LogP contribution in [0, 0.1) is 0 Å². The molecular weight excluding hydrogens is 258 g/mol. The third-order valence-corrected chi connectivity index (χ3v) is 4.08. The number of nitrogens with zero attached hydrogens (tertiary/aromatic N) is 1. The predicted molar refractivity (Wildman–Crippen MR) is 91.1 cm³/mol. The lowest BCUT2D eigenvalue weighted by atomic mass is 10.1. The molecule has 0 unspecified atom stereocenters. The van der Waals surface area contributed by atoms with Gasteiger partial charge in [-0.25, -0.2) is 0 Å². The van der Waals surface area contributed by atoms with Crippen LogP contribution < -0.4 is 4.74 Å². The van der Waals surface area contributed by atoms with Crippen molar-refractivity contribution in [2.75, 3.05) is 6.61 Å². The van der Waals surface area contributed by atoms with E-state index in [1.165, 1.54) is 55.8 Å². The second-order valence-corrected chi connectivity index (χ2v) is 5.75. The first kappa shape index (κ1) is 15.9. The molecule has 0 atom stereocenters. The van der Waals surface area contributed by atoms with Gasteiger partial charge in [-0.3, -0.25) is 0 Å². The molecule has 0 aliphatic carbocycles.